The highest BCUT2D eigenvalue weighted by atomic mass is 127. The highest BCUT2D eigenvalue weighted by Gasteiger charge is 2.41. The average Bonchev–Trinajstić information content (AvgIpc) is 2.34. The van der Waals surface area contributed by atoms with Crippen LogP contribution in [0.4, 0.5) is 0 Å². The third-order valence-electron chi connectivity index (χ3n) is 3.78. The molecule has 0 aromatic carbocycles. The van der Waals surface area contributed by atoms with Crippen LogP contribution in [-0.2, 0) is 14.6 Å². The molecule has 6 nitrogen and oxygen atoms in total. The van der Waals surface area contributed by atoms with Gasteiger partial charge in [-0.1, -0.05) is 0 Å². The number of guanidine groups is 1. The van der Waals surface area contributed by atoms with Crippen LogP contribution in [0.3, 0.4) is 0 Å². The van der Waals surface area contributed by atoms with Gasteiger partial charge in [0.05, 0.1) is 16.1 Å². The van der Waals surface area contributed by atoms with Gasteiger partial charge in [-0.15, -0.1) is 24.0 Å². The molecule has 0 atom stereocenters. The molecular weight excluding hydrogens is 405 g/mol. The zero-order valence-corrected chi connectivity index (χ0v) is 16.9. The topological polar surface area (TPSA) is 71.0 Å². The molecule has 1 N–H and O–H groups in total. The van der Waals surface area contributed by atoms with E-state index >= 15 is 0 Å². The predicted molar refractivity (Wildman–Crippen MR) is 97.3 cm³/mol. The molecule has 0 aromatic rings. The van der Waals surface area contributed by atoms with Crippen LogP contribution in [0.15, 0.2) is 4.99 Å². The van der Waals surface area contributed by atoms with Crippen molar-refractivity contribution in [2.24, 2.45) is 4.99 Å². The first kappa shape index (κ1) is 20.9. The Morgan fingerprint density at radius 1 is 1.43 bits per heavy atom. The summed E-state index contributed by atoms with van der Waals surface area (Å²) in [4.78, 5) is 6.24. The zero-order valence-electron chi connectivity index (χ0n) is 13.8. The van der Waals surface area contributed by atoms with Crippen LogP contribution in [0.25, 0.3) is 0 Å². The normalized spacial score (nSPS) is 21.6. The van der Waals surface area contributed by atoms with E-state index in [2.05, 4.69) is 10.3 Å². The largest absolute Gasteiger partial charge is 0.377 e. The lowest BCUT2D eigenvalue weighted by molar-refractivity contribution is 0.0263. The van der Waals surface area contributed by atoms with Crippen molar-refractivity contribution in [2.45, 2.75) is 38.0 Å². The maximum absolute atomic E-state index is 12.0. The van der Waals surface area contributed by atoms with Gasteiger partial charge in [0.1, 0.15) is 0 Å². The van der Waals surface area contributed by atoms with E-state index in [0.29, 0.717) is 19.6 Å². The lowest BCUT2D eigenvalue weighted by atomic mass is 10.1. The second kappa shape index (κ2) is 7.45. The van der Waals surface area contributed by atoms with Gasteiger partial charge in [0.2, 0.25) is 0 Å². The van der Waals surface area contributed by atoms with Gasteiger partial charge in [-0.05, 0) is 27.7 Å². The number of aliphatic imine (C=N–C) groups is 1. The summed E-state index contributed by atoms with van der Waals surface area (Å²) in [6.07, 6.45) is 0. The second-order valence-electron chi connectivity index (χ2n) is 6.36. The van der Waals surface area contributed by atoms with Crippen molar-refractivity contribution in [3.8, 4) is 0 Å². The Balaban J connectivity index is 0.00000400. The summed E-state index contributed by atoms with van der Waals surface area (Å²) in [6, 6.07) is 0. The molecule has 0 amide bonds. The maximum atomic E-state index is 12.0. The van der Waals surface area contributed by atoms with Crippen molar-refractivity contribution >= 4 is 39.8 Å². The average molecular weight is 433 g/mol. The Morgan fingerprint density at radius 2 is 2.00 bits per heavy atom. The van der Waals surface area contributed by atoms with Crippen LogP contribution in [-0.4, -0.2) is 69.2 Å². The third-order valence-corrected chi connectivity index (χ3v) is 6.31. The maximum Gasteiger partial charge on any atom is 0.193 e. The van der Waals surface area contributed by atoms with E-state index in [-0.39, 0.29) is 35.3 Å². The fourth-order valence-corrected chi connectivity index (χ4v) is 3.39. The Morgan fingerprint density at radius 3 is 2.43 bits per heavy atom. The number of nitrogens with zero attached hydrogens (tertiary/aromatic N) is 2. The van der Waals surface area contributed by atoms with Gasteiger partial charge in [-0.2, -0.15) is 0 Å². The summed E-state index contributed by atoms with van der Waals surface area (Å²) >= 11 is 0. The van der Waals surface area contributed by atoms with Crippen molar-refractivity contribution in [3.63, 3.8) is 0 Å². The molecule has 1 fully saturated rings. The molecule has 1 saturated heterocycles. The third kappa shape index (κ3) is 5.24. The monoisotopic (exact) mass is 433 g/mol. The molecule has 0 saturated carbocycles. The van der Waals surface area contributed by atoms with Gasteiger partial charge in [-0.25, -0.2) is 8.42 Å². The number of rotatable bonds is 3. The van der Waals surface area contributed by atoms with Crippen LogP contribution in [0, 0.1) is 0 Å². The first-order chi connectivity index (χ1) is 9.04. The number of hydrogen-bond donors (Lipinski definition) is 1. The van der Waals surface area contributed by atoms with Crippen molar-refractivity contribution in [1.82, 2.24) is 10.2 Å². The first-order valence-electron chi connectivity index (χ1n) is 6.78. The van der Waals surface area contributed by atoms with E-state index < -0.39 is 14.6 Å². The number of halogens is 1. The van der Waals surface area contributed by atoms with Gasteiger partial charge in [0, 0.05) is 33.8 Å². The van der Waals surface area contributed by atoms with E-state index in [1.807, 2.05) is 18.7 Å². The molecule has 0 aliphatic carbocycles. The standard InChI is InChI=1S/C13H27N3O3S.HI/c1-12(2,19-6)9-15-11(14-5)16-7-8-20(17,18)13(3,4)10-16;/h7-10H2,1-6H3,(H,14,15);1H. The minimum absolute atomic E-state index is 0. The molecular formula is C13H28IN3O3S. The minimum atomic E-state index is -3.03. The van der Waals surface area contributed by atoms with E-state index in [9.17, 15) is 8.42 Å². The lowest BCUT2D eigenvalue weighted by Crippen LogP contribution is -2.58. The molecule has 1 aliphatic heterocycles. The minimum Gasteiger partial charge on any atom is -0.377 e. The smallest absolute Gasteiger partial charge is 0.193 e. The molecule has 0 radical (unpaired) electrons. The zero-order chi connectivity index (χ0) is 15.6. The Labute approximate surface area is 145 Å². The molecule has 8 heteroatoms. The highest BCUT2D eigenvalue weighted by molar-refractivity contribution is 14.0. The number of ether oxygens (including phenoxy) is 1. The predicted octanol–water partition coefficient (Wildman–Crippen LogP) is 1.11. The fourth-order valence-electron chi connectivity index (χ4n) is 2.02. The van der Waals surface area contributed by atoms with Gasteiger partial charge < -0.3 is 15.0 Å². The van der Waals surface area contributed by atoms with Crippen molar-refractivity contribution in [3.05, 3.63) is 0 Å². The Bertz CT molecular complexity index is 475. The quantitative estimate of drug-likeness (QED) is 0.410. The Kier molecular flexibility index (Phi) is 7.42. The van der Waals surface area contributed by atoms with Gasteiger partial charge >= 0.3 is 0 Å². The summed E-state index contributed by atoms with van der Waals surface area (Å²) in [5, 5.41) is 3.25. The van der Waals surface area contributed by atoms with E-state index in [4.69, 9.17) is 4.74 Å². The molecule has 0 bridgehead atoms. The molecule has 1 rings (SSSR count). The van der Waals surface area contributed by atoms with Crippen LogP contribution < -0.4 is 5.32 Å². The molecule has 126 valence electrons. The van der Waals surface area contributed by atoms with E-state index in [1.54, 1.807) is 28.0 Å². The van der Waals surface area contributed by atoms with Gasteiger partial charge in [0.25, 0.3) is 0 Å². The number of hydrogen-bond acceptors (Lipinski definition) is 4. The molecule has 1 heterocycles. The van der Waals surface area contributed by atoms with E-state index in [0.717, 1.165) is 5.96 Å². The van der Waals surface area contributed by atoms with Crippen LogP contribution >= 0.6 is 24.0 Å². The molecule has 21 heavy (non-hydrogen) atoms. The second-order valence-corrected chi connectivity index (χ2v) is 9.11. The summed E-state index contributed by atoms with van der Waals surface area (Å²) in [5.41, 5.74) is -0.298. The SMILES string of the molecule is CN=C(NCC(C)(C)OC)N1CCS(=O)(=O)C(C)(C)C1.I. The summed E-state index contributed by atoms with van der Waals surface area (Å²) < 4.78 is 28.6. The fraction of sp³-hybridized carbons (Fsp3) is 0.923. The number of nitrogens with one attached hydrogen (secondary N) is 1. The number of methoxy groups -OCH3 is 1. The first-order valence-corrected chi connectivity index (χ1v) is 8.43. The summed E-state index contributed by atoms with van der Waals surface area (Å²) in [7, 11) is 0.341. The number of sulfone groups is 1. The van der Waals surface area contributed by atoms with Crippen molar-refractivity contribution in [2.75, 3.05) is 39.5 Å². The van der Waals surface area contributed by atoms with Crippen LogP contribution in [0.1, 0.15) is 27.7 Å². The van der Waals surface area contributed by atoms with Gasteiger partial charge in [0.15, 0.2) is 15.8 Å². The molecule has 0 unspecified atom stereocenters. The molecule has 0 spiro atoms. The molecule has 0 aromatic heterocycles. The van der Waals surface area contributed by atoms with Gasteiger partial charge in [-0.3, -0.25) is 4.99 Å². The highest BCUT2D eigenvalue weighted by Crippen LogP contribution is 2.23. The van der Waals surface area contributed by atoms with Crippen molar-refractivity contribution in [1.29, 1.82) is 0 Å². The lowest BCUT2D eigenvalue weighted by Gasteiger charge is -2.39. The van der Waals surface area contributed by atoms with Crippen LogP contribution in [0.2, 0.25) is 0 Å². The van der Waals surface area contributed by atoms with Crippen molar-refractivity contribution < 1.29 is 13.2 Å². The molecule has 1 aliphatic rings. The Hall–Kier alpha value is -0.0900. The summed E-state index contributed by atoms with van der Waals surface area (Å²) in [5.74, 6) is 0.882. The summed E-state index contributed by atoms with van der Waals surface area (Å²) in [6.45, 7) is 9.03. The van der Waals surface area contributed by atoms with E-state index in [1.165, 1.54) is 0 Å². The van der Waals surface area contributed by atoms with Crippen LogP contribution in [0.5, 0.6) is 0 Å².